The minimum Gasteiger partial charge on any atom is -0.497 e. The van der Waals surface area contributed by atoms with Crippen LogP contribution in [0.3, 0.4) is 0 Å². The predicted molar refractivity (Wildman–Crippen MR) is 100 cm³/mol. The van der Waals surface area contributed by atoms with Crippen molar-refractivity contribution in [3.63, 3.8) is 0 Å². The number of amides is 1. The van der Waals surface area contributed by atoms with Crippen molar-refractivity contribution in [1.82, 2.24) is 10.1 Å². The van der Waals surface area contributed by atoms with Crippen LogP contribution in [-0.2, 0) is 0 Å². The molecule has 7 nitrogen and oxygen atoms in total. The second-order valence-electron chi connectivity index (χ2n) is 6.74. The van der Waals surface area contributed by atoms with Gasteiger partial charge in [0.1, 0.15) is 5.75 Å². The van der Waals surface area contributed by atoms with Crippen LogP contribution in [0.5, 0.6) is 5.75 Å². The van der Waals surface area contributed by atoms with Crippen molar-refractivity contribution in [2.45, 2.75) is 12.8 Å². The number of carbonyl (C=O) groups is 2. The van der Waals surface area contributed by atoms with E-state index in [1.165, 1.54) is 6.26 Å². The van der Waals surface area contributed by atoms with Crippen LogP contribution >= 0.6 is 0 Å². The van der Waals surface area contributed by atoms with Gasteiger partial charge in [0.15, 0.2) is 17.2 Å². The summed E-state index contributed by atoms with van der Waals surface area (Å²) in [6.45, 7) is 0.959. The Labute approximate surface area is 161 Å². The van der Waals surface area contributed by atoms with Crippen molar-refractivity contribution in [2.24, 2.45) is 5.92 Å². The van der Waals surface area contributed by atoms with Crippen LogP contribution in [0.1, 0.15) is 33.7 Å². The number of ketones is 1. The summed E-state index contributed by atoms with van der Waals surface area (Å²) in [6.07, 6.45) is 3.05. The number of carbonyl (C=O) groups excluding carboxylic acids is 2. The van der Waals surface area contributed by atoms with E-state index in [-0.39, 0.29) is 23.3 Å². The molecule has 0 radical (unpaired) electrons. The third-order valence-corrected chi connectivity index (χ3v) is 4.95. The van der Waals surface area contributed by atoms with Gasteiger partial charge in [0.05, 0.1) is 13.4 Å². The van der Waals surface area contributed by atoms with Crippen molar-refractivity contribution >= 4 is 11.7 Å². The number of ether oxygens (including phenoxy) is 1. The first-order valence-electron chi connectivity index (χ1n) is 9.14. The molecule has 0 bridgehead atoms. The molecule has 1 fully saturated rings. The number of hydrogen-bond donors (Lipinski definition) is 0. The lowest BCUT2D eigenvalue weighted by Crippen LogP contribution is -2.42. The highest BCUT2D eigenvalue weighted by Crippen LogP contribution is 2.25. The molecule has 144 valence electrons. The van der Waals surface area contributed by atoms with Crippen LogP contribution in [0.4, 0.5) is 0 Å². The smallest absolute Gasteiger partial charge is 0.276 e. The van der Waals surface area contributed by atoms with E-state index in [1.807, 2.05) is 0 Å². The zero-order chi connectivity index (χ0) is 19.5. The zero-order valence-electron chi connectivity index (χ0n) is 15.5. The Balaban J connectivity index is 1.45. The van der Waals surface area contributed by atoms with E-state index in [1.54, 1.807) is 54.5 Å². The first-order chi connectivity index (χ1) is 13.7. The topological polar surface area (TPSA) is 85.8 Å². The van der Waals surface area contributed by atoms with Gasteiger partial charge in [-0.3, -0.25) is 9.59 Å². The molecule has 1 aromatic carbocycles. The number of benzene rings is 1. The van der Waals surface area contributed by atoms with Crippen LogP contribution in [0.2, 0.25) is 0 Å². The van der Waals surface area contributed by atoms with Gasteiger partial charge in [-0.15, -0.1) is 0 Å². The van der Waals surface area contributed by atoms with Gasteiger partial charge in [-0.1, -0.05) is 5.16 Å². The number of hydrogen-bond acceptors (Lipinski definition) is 6. The van der Waals surface area contributed by atoms with Gasteiger partial charge in [0.25, 0.3) is 5.91 Å². The van der Waals surface area contributed by atoms with Crippen molar-refractivity contribution in [3.05, 3.63) is 60.0 Å². The molecule has 0 spiro atoms. The first kappa shape index (κ1) is 18.0. The number of furan rings is 1. The molecule has 0 unspecified atom stereocenters. The summed E-state index contributed by atoms with van der Waals surface area (Å²) in [5, 5.41) is 3.87. The molecule has 1 aliphatic rings. The summed E-state index contributed by atoms with van der Waals surface area (Å²) in [6, 6.07) is 12.1. The summed E-state index contributed by atoms with van der Waals surface area (Å²) < 4.78 is 15.6. The maximum absolute atomic E-state index is 12.8. The highest BCUT2D eigenvalue weighted by molar-refractivity contribution is 5.99. The number of aromatic nitrogens is 1. The zero-order valence-corrected chi connectivity index (χ0v) is 15.5. The van der Waals surface area contributed by atoms with E-state index in [0.717, 1.165) is 12.8 Å². The fourth-order valence-electron chi connectivity index (χ4n) is 3.44. The third kappa shape index (κ3) is 3.55. The van der Waals surface area contributed by atoms with Crippen molar-refractivity contribution in [2.75, 3.05) is 20.2 Å². The Morgan fingerprint density at radius 1 is 1.18 bits per heavy atom. The molecule has 1 aliphatic heterocycles. The molecule has 28 heavy (non-hydrogen) atoms. The molecule has 2 aromatic heterocycles. The summed E-state index contributed by atoms with van der Waals surface area (Å²) in [5.41, 5.74) is 0.839. The standard InChI is InChI=1S/C21H20N2O5/c1-26-16-8-6-14(7-9-16)20(24)15-4-2-10-23(13-15)21(25)17-12-19(28-22-17)18-5-3-11-27-18/h3,5-9,11-12,15H,2,4,10,13H2,1H3/t15-/m0/s1. The molecule has 0 aliphatic carbocycles. The fraction of sp³-hybridized carbons (Fsp3) is 0.286. The Bertz CT molecular complexity index is 959. The lowest BCUT2D eigenvalue weighted by atomic mass is 9.90. The maximum atomic E-state index is 12.8. The first-order valence-corrected chi connectivity index (χ1v) is 9.14. The molecule has 3 heterocycles. The van der Waals surface area contributed by atoms with E-state index < -0.39 is 0 Å². The molecular weight excluding hydrogens is 360 g/mol. The van der Waals surface area contributed by atoms with E-state index >= 15 is 0 Å². The van der Waals surface area contributed by atoms with Crippen molar-refractivity contribution in [1.29, 1.82) is 0 Å². The van der Waals surface area contributed by atoms with Gasteiger partial charge in [-0.25, -0.2) is 0 Å². The highest BCUT2D eigenvalue weighted by atomic mass is 16.5. The van der Waals surface area contributed by atoms with Gasteiger partial charge in [0.2, 0.25) is 5.76 Å². The van der Waals surface area contributed by atoms with Gasteiger partial charge in [0, 0.05) is 30.6 Å². The highest BCUT2D eigenvalue weighted by Gasteiger charge is 2.31. The Morgan fingerprint density at radius 2 is 2.00 bits per heavy atom. The van der Waals surface area contributed by atoms with E-state index in [4.69, 9.17) is 13.7 Å². The molecule has 3 aromatic rings. The maximum Gasteiger partial charge on any atom is 0.276 e. The molecule has 1 atom stereocenters. The number of nitrogens with zero attached hydrogens (tertiary/aromatic N) is 2. The van der Waals surface area contributed by atoms with Gasteiger partial charge < -0.3 is 18.6 Å². The number of likely N-dealkylation sites (tertiary alicyclic amines) is 1. The minimum absolute atomic E-state index is 0.0385. The van der Waals surface area contributed by atoms with Crippen LogP contribution in [-0.4, -0.2) is 41.9 Å². The molecule has 0 saturated carbocycles. The number of rotatable bonds is 5. The average Bonchev–Trinajstić information content (AvgIpc) is 3.44. The quantitative estimate of drug-likeness (QED) is 0.628. The Hall–Kier alpha value is -3.35. The normalized spacial score (nSPS) is 16.8. The second-order valence-corrected chi connectivity index (χ2v) is 6.74. The lowest BCUT2D eigenvalue weighted by molar-refractivity contribution is 0.0628. The summed E-state index contributed by atoms with van der Waals surface area (Å²) in [7, 11) is 1.59. The summed E-state index contributed by atoms with van der Waals surface area (Å²) in [4.78, 5) is 27.3. The molecule has 1 amide bonds. The Kier molecular flexibility index (Phi) is 4.97. The summed E-state index contributed by atoms with van der Waals surface area (Å²) >= 11 is 0. The molecule has 0 N–H and O–H groups in total. The van der Waals surface area contributed by atoms with Crippen LogP contribution < -0.4 is 4.74 Å². The van der Waals surface area contributed by atoms with Crippen molar-refractivity contribution in [3.8, 4) is 17.3 Å². The molecule has 4 rings (SSSR count). The van der Waals surface area contributed by atoms with E-state index in [2.05, 4.69) is 5.16 Å². The average molecular weight is 380 g/mol. The molecule has 7 heteroatoms. The third-order valence-electron chi connectivity index (χ3n) is 4.95. The summed E-state index contributed by atoms with van der Waals surface area (Å²) in [5.74, 6) is 1.18. The van der Waals surface area contributed by atoms with Crippen LogP contribution in [0.25, 0.3) is 11.5 Å². The molecular formula is C21H20N2O5. The van der Waals surface area contributed by atoms with E-state index in [9.17, 15) is 9.59 Å². The predicted octanol–water partition coefficient (Wildman–Crippen LogP) is 3.68. The van der Waals surface area contributed by atoms with Crippen molar-refractivity contribution < 1.29 is 23.3 Å². The second kappa shape index (κ2) is 7.72. The molecule has 1 saturated heterocycles. The van der Waals surface area contributed by atoms with Gasteiger partial charge in [-0.2, -0.15) is 0 Å². The van der Waals surface area contributed by atoms with Crippen LogP contribution in [0.15, 0.2) is 57.7 Å². The monoisotopic (exact) mass is 380 g/mol. The Morgan fingerprint density at radius 3 is 2.71 bits per heavy atom. The number of Topliss-reactive ketones (excluding diaryl/α,β-unsaturated/α-hetero) is 1. The number of piperidine rings is 1. The number of methoxy groups -OCH3 is 1. The SMILES string of the molecule is COc1ccc(C(=O)[C@H]2CCCN(C(=O)c3cc(-c4ccco4)on3)C2)cc1. The minimum atomic E-state index is -0.242. The fourth-order valence-corrected chi connectivity index (χ4v) is 3.44. The largest absolute Gasteiger partial charge is 0.497 e. The van der Waals surface area contributed by atoms with Gasteiger partial charge >= 0.3 is 0 Å². The van der Waals surface area contributed by atoms with Crippen LogP contribution in [0, 0.1) is 5.92 Å². The lowest BCUT2D eigenvalue weighted by Gasteiger charge is -2.31. The van der Waals surface area contributed by atoms with E-state index in [0.29, 0.717) is 35.9 Å². The van der Waals surface area contributed by atoms with Gasteiger partial charge in [-0.05, 0) is 49.2 Å².